The summed E-state index contributed by atoms with van der Waals surface area (Å²) >= 11 is 1.53. The lowest BCUT2D eigenvalue weighted by atomic mass is 10.1. The number of amides is 2. The van der Waals surface area contributed by atoms with Gasteiger partial charge in [0.05, 0.1) is 24.1 Å². The van der Waals surface area contributed by atoms with Crippen LogP contribution >= 0.6 is 11.8 Å². The van der Waals surface area contributed by atoms with Gasteiger partial charge in [0.25, 0.3) is 5.91 Å². The van der Waals surface area contributed by atoms with Gasteiger partial charge in [-0.15, -0.1) is 11.8 Å². The molecule has 1 N–H and O–H groups in total. The van der Waals surface area contributed by atoms with Gasteiger partial charge in [-0.25, -0.2) is 0 Å². The van der Waals surface area contributed by atoms with Gasteiger partial charge in [-0.3, -0.25) is 9.59 Å². The Morgan fingerprint density at radius 2 is 2.14 bits per heavy atom. The van der Waals surface area contributed by atoms with E-state index in [0.717, 1.165) is 41.2 Å². The van der Waals surface area contributed by atoms with E-state index < -0.39 is 0 Å². The molecule has 5 nitrogen and oxygen atoms in total. The number of aryl methyl sites for hydroxylation is 1. The zero-order valence-electron chi connectivity index (χ0n) is 15.9. The fraction of sp³-hybridized carbons (Fsp3) is 0.364. The Kier molecular flexibility index (Phi) is 5.69. The van der Waals surface area contributed by atoms with Crippen molar-refractivity contribution in [2.75, 3.05) is 23.8 Å². The zero-order chi connectivity index (χ0) is 19.5. The first-order chi connectivity index (χ1) is 13.6. The summed E-state index contributed by atoms with van der Waals surface area (Å²) in [6, 6.07) is 13.7. The van der Waals surface area contributed by atoms with Crippen LogP contribution in [0.3, 0.4) is 0 Å². The molecule has 0 bridgehead atoms. The fourth-order valence-corrected chi connectivity index (χ4v) is 4.50. The number of carbonyl (C=O) groups excluding carboxylic acids is 2. The van der Waals surface area contributed by atoms with Gasteiger partial charge in [0.1, 0.15) is 0 Å². The van der Waals surface area contributed by atoms with E-state index in [2.05, 4.69) is 5.32 Å². The van der Waals surface area contributed by atoms with Gasteiger partial charge in [-0.05, 0) is 49.1 Å². The molecule has 0 spiro atoms. The van der Waals surface area contributed by atoms with Gasteiger partial charge >= 0.3 is 0 Å². The fourth-order valence-electron chi connectivity index (χ4n) is 3.59. The van der Waals surface area contributed by atoms with Crippen molar-refractivity contribution in [2.45, 2.75) is 37.3 Å². The molecule has 2 aliphatic rings. The predicted octanol–water partition coefficient (Wildman–Crippen LogP) is 3.54. The average molecular weight is 397 g/mol. The maximum atomic E-state index is 12.6. The summed E-state index contributed by atoms with van der Waals surface area (Å²) in [5.41, 5.74) is 3.65. The monoisotopic (exact) mass is 396 g/mol. The Labute approximate surface area is 169 Å². The van der Waals surface area contributed by atoms with Crippen LogP contribution in [0.4, 0.5) is 5.69 Å². The van der Waals surface area contributed by atoms with Crippen LogP contribution in [0.2, 0.25) is 0 Å². The first kappa shape index (κ1) is 19.0. The number of thioether (sulfide) groups is 1. The summed E-state index contributed by atoms with van der Waals surface area (Å²) in [5.74, 6) is 0.360. The molecule has 146 valence electrons. The quantitative estimate of drug-likeness (QED) is 0.840. The molecule has 1 fully saturated rings. The van der Waals surface area contributed by atoms with Crippen LogP contribution in [0.1, 0.15) is 34.3 Å². The Bertz CT molecular complexity index is 893. The average Bonchev–Trinajstić information content (AvgIpc) is 3.23. The van der Waals surface area contributed by atoms with Crippen molar-refractivity contribution in [3.8, 4) is 0 Å². The van der Waals surface area contributed by atoms with E-state index in [4.69, 9.17) is 4.74 Å². The lowest BCUT2D eigenvalue weighted by Crippen LogP contribution is -2.36. The van der Waals surface area contributed by atoms with Gasteiger partial charge in [0, 0.05) is 23.6 Å². The van der Waals surface area contributed by atoms with Crippen molar-refractivity contribution in [3.63, 3.8) is 0 Å². The highest BCUT2D eigenvalue weighted by molar-refractivity contribution is 8.00. The SMILES string of the molecule is Cc1ccccc1CN1C(=O)CSc2ccc(C(=O)NCC3CCCO3)cc21. The van der Waals surface area contributed by atoms with Crippen molar-refractivity contribution < 1.29 is 14.3 Å². The molecule has 0 aromatic heterocycles. The maximum Gasteiger partial charge on any atom is 0.251 e. The standard InChI is InChI=1S/C22H24N2O3S/c1-15-5-2-3-6-17(15)13-24-19-11-16(8-9-20(19)28-14-21(24)25)22(26)23-12-18-7-4-10-27-18/h2-3,5-6,8-9,11,18H,4,7,10,12-14H2,1H3,(H,23,26). The minimum atomic E-state index is -0.128. The Hall–Kier alpha value is -2.31. The zero-order valence-corrected chi connectivity index (χ0v) is 16.8. The molecule has 1 unspecified atom stereocenters. The molecule has 2 aliphatic heterocycles. The number of hydrogen-bond acceptors (Lipinski definition) is 4. The van der Waals surface area contributed by atoms with Gasteiger partial charge in [-0.2, -0.15) is 0 Å². The van der Waals surface area contributed by atoms with Crippen molar-refractivity contribution in [1.29, 1.82) is 0 Å². The van der Waals surface area contributed by atoms with Crippen LogP contribution in [0.15, 0.2) is 47.4 Å². The third-order valence-electron chi connectivity index (χ3n) is 5.27. The first-order valence-electron chi connectivity index (χ1n) is 9.63. The van der Waals surface area contributed by atoms with Gasteiger partial charge in [0.15, 0.2) is 0 Å². The normalized spacial score (nSPS) is 18.8. The third-order valence-corrected chi connectivity index (χ3v) is 6.32. The number of nitrogens with zero attached hydrogens (tertiary/aromatic N) is 1. The summed E-state index contributed by atoms with van der Waals surface area (Å²) in [4.78, 5) is 28.1. The second kappa shape index (κ2) is 8.37. The Morgan fingerprint density at radius 3 is 2.93 bits per heavy atom. The van der Waals surface area contributed by atoms with Crippen molar-refractivity contribution >= 4 is 29.3 Å². The van der Waals surface area contributed by atoms with Crippen molar-refractivity contribution in [3.05, 3.63) is 59.2 Å². The number of benzene rings is 2. The number of carbonyl (C=O) groups is 2. The van der Waals surface area contributed by atoms with E-state index in [1.54, 1.807) is 4.90 Å². The molecule has 0 aliphatic carbocycles. The molecular weight excluding hydrogens is 372 g/mol. The van der Waals surface area contributed by atoms with E-state index in [1.165, 1.54) is 11.8 Å². The topological polar surface area (TPSA) is 58.6 Å². The molecule has 2 aromatic carbocycles. The third kappa shape index (κ3) is 4.08. The van der Waals surface area contributed by atoms with Crippen molar-refractivity contribution in [2.24, 2.45) is 0 Å². The second-order valence-electron chi connectivity index (χ2n) is 7.22. The van der Waals surface area contributed by atoms with Crippen molar-refractivity contribution in [1.82, 2.24) is 5.32 Å². The summed E-state index contributed by atoms with van der Waals surface area (Å²) in [5, 5.41) is 2.96. The minimum absolute atomic E-state index is 0.0673. The number of hydrogen-bond donors (Lipinski definition) is 1. The Balaban J connectivity index is 1.55. The molecule has 2 amide bonds. The molecule has 0 saturated carbocycles. The first-order valence-corrected chi connectivity index (χ1v) is 10.6. The van der Waals surface area contributed by atoms with E-state index in [1.807, 2.05) is 49.4 Å². The van der Waals surface area contributed by atoms with E-state index in [9.17, 15) is 9.59 Å². The molecule has 1 saturated heterocycles. The highest BCUT2D eigenvalue weighted by Gasteiger charge is 2.26. The molecule has 6 heteroatoms. The van der Waals surface area contributed by atoms with Crippen LogP contribution in [0, 0.1) is 6.92 Å². The molecule has 28 heavy (non-hydrogen) atoms. The van der Waals surface area contributed by atoms with E-state index in [-0.39, 0.29) is 17.9 Å². The number of anilines is 1. The van der Waals surface area contributed by atoms with Crippen LogP contribution in [0.25, 0.3) is 0 Å². The summed E-state index contributed by atoms with van der Waals surface area (Å²) in [7, 11) is 0. The van der Waals surface area contributed by atoms with Gasteiger partial charge in [0.2, 0.25) is 5.91 Å². The molecule has 1 atom stereocenters. The predicted molar refractivity (Wildman–Crippen MR) is 111 cm³/mol. The van der Waals surface area contributed by atoms with Gasteiger partial charge in [-0.1, -0.05) is 24.3 Å². The van der Waals surface area contributed by atoms with Crippen LogP contribution in [-0.4, -0.2) is 36.8 Å². The Morgan fingerprint density at radius 1 is 1.29 bits per heavy atom. The van der Waals surface area contributed by atoms with E-state index in [0.29, 0.717) is 24.4 Å². The number of ether oxygens (including phenoxy) is 1. The summed E-state index contributed by atoms with van der Waals surface area (Å²) in [6.45, 7) is 3.86. The smallest absolute Gasteiger partial charge is 0.251 e. The number of nitrogens with one attached hydrogen (secondary N) is 1. The minimum Gasteiger partial charge on any atom is -0.376 e. The maximum absolute atomic E-state index is 12.6. The molecule has 2 heterocycles. The highest BCUT2D eigenvalue weighted by atomic mass is 32.2. The van der Waals surface area contributed by atoms with Crippen LogP contribution in [0.5, 0.6) is 0 Å². The summed E-state index contributed by atoms with van der Waals surface area (Å²) < 4.78 is 5.57. The molecular formula is C22H24N2O3S. The van der Waals surface area contributed by atoms with Crippen LogP contribution in [-0.2, 0) is 16.1 Å². The van der Waals surface area contributed by atoms with E-state index >= 15 is 0 Å². The molecule has 0 radical (unpaired) electrons. The molecule has 4 rings (SSSR count). The molecule has 2 aromatic rings. The largest absolute Gasteiger partial charge is 0.376 e. The highest BCUT2D eigenvalue weighted by Crippen LogP contribution is 2.37. The van der Waals surface area contributed by atoms with Gasteiger partial charge < -0.3 is 15.0 Å². The summed E-state index contributed by atoms with van der Waals surface area (Å²) in [6.07, 6.45) is 2.14. The second-order valence-corrected chi connectivity index (χ2v) is 8.24. The van der Waals surface area contributed by atoms with Crippen LogP contribution < -0.4 is 10.2 Å². The number of rotatable bonds is 5. The number of fused-ring (bicyclic) bond motifs is 1. The lowest BCUT2D eigenvalue weighted by Gasteiger charge is -2.30. The lowest BCUT2D eigenvalue weighted by molar-refractivity contribution is -0.116.